The fourth-order valence-corrected chi connectivity index (χ4v) is 2.82. The molecule has 1 heterocycles. The highest BCUT2D eigenvalue weighted by molar-refractivity contribution is 5.67. The summed E-state index contributed by atoms with van der Waals surface area (Å²) in [6, 6.07) is 9.72. The first-order valence-corrected chi connectivity index (χ1v) is 6.50. The van der Waals surface area contributed by atoms with Crippen molar-refractivity contribution in [2.24, 2.45) is 17.8 Å². The first-order valence-electron chi connectivity index (χ1n) is 6.50. The minimum absolute atomic E-state index is 0.309. The summed E-state index contributed by atoms with van der Waals surface area (Å²) in [5.74, 6) is 2.22. The van der Waals surface area contributed by atoms with Gasteiger partial charge < -0.3 is 15.4 Å². The maximum Gasteiger partial charge on any atom is 0.407 e. The van der Waals surface area contributed by atoms with Gasteiger partial charge in [0.25, 0.3) is 0 Å². The Morgan fingerprint density at radius 1 is 1.28 bits per heavy atom. The fraction of sp³-hybridized carbons (Fsp3) is 0.500. The second-order valence-corrected chi connectivity index (χ2v) is 5.09. The van der Waals surface area contributed by atoms with Crippen LogP contribution >= 0.6 is 0 Å². The molecule has 0 radical (unpaired) electrons. The smallest absolute Gasteiger partial charge is 0.407 e. The molecular weight excluding hydrogens is 228 g/mol. The lowest BCUT2D eigenvalue weighted by atomic mass is 10.2. The topological polar surface area (TPSA) is 50.4 Å². The zero-order valence-corrected chi connectivity index (χ0v) is 10.3. The summed E-state index contributed by atoms with van der Waals surface area (Å²) < 4.78 is 5.16. The molecule has 4 heteroatoms. The van der Waals surface area contributed by atoms with E-state index in [9.17, 15) is 4.79 Å². The van der Waals surface area contributed by atoms with Gasteiger partial charge in [0.05, 0.1) is 0 Å². The monoisotopic (exact) mass is 246 g/mol. The Morgan fingerprint density at radius 3 is 2.72 bits per heavy atom. The highest BCUT2D eigenvalue weighted by Crippen LogP contribution is 2.47. The number of rotatable bonds is 4. The third-order valence-electron chi connectivity index (χ3n) is 3.96. The Bertz CT molecular complexity index is 411. The number of amides is 1. The van der Waals surface area contributed by atoms with E-state index >= 15 is 0 Å². The highest BCUT2D eigenvalue weighted by Gasteiger charge is 2.52. The number of carbonyl (C=O) groups excluding carboxylic acids is 1. The second kappa shape index (κ2) is 4.98. The molecule has 1 saturated carbocycles. The van der Waals surface area contributed by atoms with E-state index in [-0.39, 0.29) is 6.09 Å². The molecule has 1 saturated heterocycles. The first kappa shape index (κ1) is 11.5. The molecule has 2 N–H and O–H groups in total. The molecule has 18 heavy (non-hydrogen) atoms. The van der Waals surface area contributed by atoms with Crippen LogP contribution in [0.2, 0.25) is 0 Å². The lowest BCUT2D eigenvalue weighted by Gasteiger charge is -2.08. The van der Waals surface area contributed by atoms with E-state index in [2.05, 4.69) is 10.6 Å². The van der Waals surface area contributed by atoms with Crippen LogP contribution in [0.25, 0.3) is 0 Å². The van der Waals surface area contributed by atoms with Crippen molar-refractivity contribution >= 4 is 6.09 Å². The maximum absolute atomic E-state index is 11.5. The summed E-state index contributed by atoms with van der Waals surface area (Å²) in [7, 11) is 0. The van der Waals surface area contributed by atoms with Crippen LogP contribution in [-0.2, 0) is 11.3 Å². The van der Waals surface area contributed by atoms with E-state index in [1.807, 2.05) is 30.3 Å². The van der Waals surface area contributed by atoms with Gasteiger partial charge in [-0.15, -0.1) is 0 Å². The van der Waals surface area contributed by atoms with Crippen LogP contribution < -0.4 is 10.6 Å². The predicted molar refractivity (Wildman–Crippen MR) is 68.0 cm³/mol. The van der Waals surface area contributed by atoms with Gasteiger partial charge in [-0.3, -0.25) is 0 Å². The minimum Gasteiger partial charge on any atom is -0.445 e. The zero-order chi connectivity index (χ0) is 12.4. The van der Waals surface area contributed by atoms with Gasteiger partial charge in [0.1, 0.15) is 6.61 Å². The standard InChI is InChI=1S/C14H18N2O2/c17-14(18-9-10-4-2-1-3-5-10)16-8-13-11-6-15-7-12(11)13/h1-5,11-13,15H,6-9H2,(H,16,17). The van der Waals surface area contributed by atoms with Crippen LogP contribution in [-0.4, -0.2) is 25.7 Å². The van der Waals surface area contributed by atoms with E-state index < -0.39 is 0 Å². The van der Waals surface area contributed by atoms with Gasteiger partial charge in [-0.1, -0.05) is 30.3 Å². The summed E-state index contributed by atoms with van der Waals surface area (Å²) in [6.45, 7) is 3.31. The minimum atomic E-state index is -0.309. The molecule has 2 aliphatic rings. The molecule has 1 amide bonds. The number of benzene rings is 1. The number of hydrogen-bond donors (Lipinski definition) is 2. The molecule has 2 fully saturated rings. The van der Waals surface area contributed by atoms with E-state index in [1.54, 1.807) is 0 Å². The normalized spacial score (nSPS) is 28.6. The third kappa shape index (κ3) is 2.48. The van der Waals surface area contributed by atoms with Gasteiger partial charge in [-0.05, 0) is 36.4 Å². The molecule has 4 nitrogen and oxygen atoms in total. The van der Waals surface area contributed by atoms with Crippen molar-refractivity contribution in [1.29, 1.82) is 0 Å². The summed E-state index contributed by atoms with van der Waals surface area (Å²) in [4.78, 5) is 11.5. The van der Waals surface area contributed by atoms with Crippen molar-refractivity contribution < 1.29 is 9.53 Å². The molecule has 2 atom stereocenters. The zero-order valence-electron chi connectivity index (χ0n) is 10.3. The molecule has 3 rings (SSSR count). The number of ether oxygens (including phenoxy) is 1. The van der Waals surface area contributed by atoms with E-state index in [1.165, 1.54) is 0 Å². The molecule has 1 aromatic rings. The summed E-state index contributed by atoms with van der Waals surface area (Å²) in [5, 5.41) is 6.20. The van der Waals surface area contributed by atoms with Gasteiger partial charge in [0.15, 0.2) is 0 Å². The van der Waals surface area contributed by atoms with E-state index in [4.69, 9.17) is 4.74 Å². The molecular formula is C14H18N2O2. The van der Waals surface area contributed by atoms with Gasteiger partial charge in [-0.2, -0.15) is 0 Å². The Labute approximate surface area is 107 Å². The molecule has 1 aliphatic heterocycles. The number of carbonyl (C=O) groups is 1. The Kier molecular flexibility index (Phi) is 3.19. The molecule has 2 unspecified atom stereocenters. The van der Waals surface area contributed by atoms with Crippen LogP contribution in [0, 0.1) is 17.8 Å². The van der Waals surface area contributed by atoms with Crippen LogP contribution in [0.15, 0.2) is 30.3 Å². The highest BCUT2D eigenvalue weighted by atomic mass is 16.5. The third-order valence-corrected chi connectivity index (χ3v) is 3.96. The maximum atomic E-state index is 11.5. The van der Waals surface area contributed by atoms with Crippen LogP contribution in [0.1, 0.15) is 5.56 Å². The van der Waals surface area contributed by atoms with Crippen molar-refractivity contribution in [3.05, 3.63) is 35.9 Å². The van der Waals surface area contributed by atoms with Crippen molar-refractivity contribution in [3.63, 3.8) is 0 Å². The van der Waals surface area contributed by atoms with Gasteiger partial charge in [0.2, 0.25) is 0 Å². The summed E-state index contributed by atoms with van der Waals surface area (Å²) >= 11 is 0. The van der Waals surface area contributed by atoms with Crippen molar-refractivity contribution in [1.82, 2.24) is 10.6 Å². The summed E-state index contributed by atoms with van der Waals surface area (Å²) in [5.41, 5.74) is 1.01. The fourth-order valence-electron chi connectivity index (χ4n) is 2.82. The largest absolute Gasteiger partial charge is 0.445 e. The van der Waals surface area contributed by atoms with Crippen molar-refractivity contribution in [2.45, 2.75) is 6.61 Å². The van der Waals surface area contributed by atoms with Gasteiger partial charge in [0, 0.05) is 6.54 Å². The van der Waals surface area contributed by atoms with Crippen molar-refractivity contribution in [3.8, 4) is 0 Å². The quantitative estimate of drug-likeness (QED) is 0.844. The van der Waals surface area contributed by atoms with Gasteiger partial charge >= 0.3 is 6.09 Å². The second-order valence-electron chi connectivity index (χ2n) is 5.09. The molecule has 0 spiro atoms. The lowest BCUT2D eigenvalue weighted by molar-refractivity contribution is 0.139. The molecule has 0 bridgehead atoms. The molecule has 1 aliphatic carbocycles. The van der Waals surface area contributed by atoms with Crippen LogP contribution in [0.5, 0.6) is 0 Å². The molecule has 1 aromatic carbocycles. The number of hydrogen-bond acceptors (Lipinski definition) is 3. The number of alkyl carbamates (subject to hydrolysis) is 1. The predicted octanol–water partition coefficient (Wildman–Crippen LogP) is 1.38. The molecule has 0 aromatic heterocycles. The summed E-state index contributed by atoms with van der Waals surface area (Å²) in [6.07, 6.45) is -0.309. The first-order chi connectivity index (χ1) is 8.84. The van der Waals surface area contributed by atoms with E-state index in [0.29, 0.717) is 12.5 Å². The van der Waals surface area contributed by atoms with Crippen molar-refractivity contribution in [2.75, 3.05) is 19.6 Å². The van der Waals surface area contributed by atoms with E-state index in [0.717, 1.165) is 37.0 Å². The van der Waals surface area contributed by atoms with Crippen LogP contribution in [0.3, 0.4) is 0 Å². The Hall–Kier alpha value is -1.55. The van der Waals surface area contributed by atoms with Gasteiger partial charge in [-0.25, -0.2) is 4.79 Å². The number of fused-ring (bicyclic) bond motifs is 1. The Balaban J connectivity index is 1.35. The SMILES string of the molecule is O=C(NCC1C2CNCC21)OCc1ccccc1. The number of nitrogens with one attached hydrogen (secondary N) is 2. The average molecular weight is 246 g/mol. The van der Waals surface area contributed by atoms with Crippen LogP contribution in [0.4, 0.5) is 4.79 Å². The average Bonchev–Trinajstić information content (AvgIpc) is 2.84. The molecule has 96 valence electrons. The number of piperidine rings is 1. The lowest BCUT2D eigenvalue weighted by Crippen LogP contribution is -2.29. The Morgan fingerprint density at radius 2 is 2.00 bits per heavy atom.